The van der Waals surface area contributed by atoms with Crippen molar-refractivity contribution >= 4 is 0 Å². The summed E-state index contributed by atoms with van der Waals surface area (Å²) in [5.74, 6) is 0. The highest BCUT2D eigenvalue weighted by atomic mass is 15.0. The lowest BCUT2D eigenvalue weighted by atomic mass is 10.0. The van der Waals surface area contributed by atoms with Gasteiger partial charge >= 0.3 is 0 Å². The summed E-state index contributed by atoms with van der Waals surface area (Å²) < 4.78 is 0. The Hall–Kier alpha value is -1.64. The van der Waals surface area contributed by atoms with E-state index in [2.05, 4.69) is 78.2 Å². The van der Waals surface area contributed by atoms with E-state index in [-0.39, 0.29) is 0 Å². The van der Waals surface area contributed by atoms with Crippen molar-refractivity contribution in [2.24, 2.45) is 0 Å². The summed E-state index contributed by atoms with van der Waals surface area (Å²) in [6, 6.07) is 21.8. The van der Waals surface area contributed by atoms with E-state index in [1.165, 1.54) is 11.1 Å². The van der Waals surface area contributed by atoms with Gasteiger partial charge in [0.25, 0.3) is 0 Å². The second-order valence-corrected chi connectivity index (χ2v) is 5.31. The number of hydrogen-bond donors (Lipinski definition) is 2. The maximum Gasteiger partial charge on any atom is 0.0318 e. The highest BCUT2D eigenvalue weighted by Gasteiger charge is 2.06. The molecule has 1 atom stereocenters. The largest absolute Gasteiger partial charge is 0.315 e. The van der Waals surface area contributed by atoms with Crippen LogP contribution in [0, 0.1) is 0 Å². The monoisotopic (exact) mass is 282 g/mol. The molecule has 0 saturated carbocycles. The second-order valence-electron chi connectivity index (χ2n) is 5.31. The maximum absolute atomic E-state index is 3.62. The molecule has 0 spiro atoms. The van der Waals surface area contributed by atoms with Crippen LogP contribution < -0.4 is 10.6 Å². The zero-order chi connectivity index (χ0) is 14.8. The van der Waals surface area contributed by atoms with Crippen molar-refractivity contribution in [2.45, 2.75) is 25.8 Å². The van der Waals surface area contributed by atoms with Crippen molar-refractivity contribution in [1.82, 2.24) is 10.6 Å². The molecule has 2 aromatic carbocycles. The van der Waals surface area contributed by atoms with Crippen LogP contribution in [0.3, 0.4) is 0 Å². The third-order valence-electron chi connectivity index (χ3n) is 3.74. The third-order valence-corrected chi connectivity index (χ3v) is 3.74. The van der Waals surface area contributed by atoms with Crippen molar-refractivity contribution in [3.63, 3.8) is 0 Å². The summed E-state index contributed by atoms with van der Waals surface area (Å²) in [6.07, 6.45) is 2.21. The van der Waals surface area contributed by atoms with Crippen LogP contribution in [0.25, 0.3) is 0 Å². The molecule has 2 N–H and O–H groups in total. The van der Waals surface area contributed by atoms with Gasteiger partial charge in [0.05, 0.1) is 0 Å². The molecule has 0 fully saturated rings. The highest BCUT2D eigenvalue weighted by molar-refractivity contribution is 5.18. The predicted molar refractivity (Wildman–Crippen MR) is 90.5 cm³/mol. The normalized spacial score (nSPS) is 12.2. The smallest absolute Gasteiger partial charge is 0.0318 e. The molecule has 2 heteroatoms. The Balaban J connectivity index is 1.61. The molecule has 0 radical (unpaired) electrons. The molecule has 0 aliphatic heterocycles. The predicted octanol–water partition coefficient (Wildman–Crippen LogP) is 3.56. The summed E-state index contributed by atoms with van der Waals surface area (Å²) in [6.45, 7) is 5.28. The van der Waals surface area contributed by atoms with E-state index in [0.717, 1.165) is 32.5 Å². The lowest BCUT2D eigenvalue weighted by Gasteiger charge is -2.17. The SMILES string of the molecule is CCC(NCCNCCc1ccccc1)c1ccccc1. The molecule has 2 aromatic rings. The Labute approximate surface area is 128 Å². The Kier molecular flexibility index (Phi) is 6.99. The van der Waals surface area contributed by atoms with Crippen molar-refractivity contribution in [3.05, 3.63) is 71.8 Å². The lowest BCUT2D eigenvalue weighted by Crippen LogP contribution is -2.31. The molecular weight excluding hydrogens is 256 g/mol. The van der Waals surface area contributed by atoms with Gasteiger partial charge < -0.3 is 10.6 Å². The molecule has 21 heavy (non-hydrogen) atoms. The molecule has 1 unspecified atom stereocenters. The molecule has 0 amide bonds. The molecule has 0 aliphatic carbocycles. The van der Waals surface area contributed by atoms with E-state index in [0.29, 0.717) is 6.04 Å². The fraction of sp³-hybridized carbons (Fsp3) is 0.368. The fourth-order valence-corrected chi connectivity index (χ4v) is 2.52. The minimum absolute atomic E-state index is 0.460. The van der Waals surface area contributed by atoms with Gasteiger partial charge in [-0.1, -0.05) is 67.6 Å². The van der Waals surface area contributed by atoms with Gasteiger partial charge in [-0.25, -0.2) is 0 Å². The van der Waals surface area contributed by atoms with Crippen molar-refractivity contribution < 1.29 is 0 Å². The number of nitrogens with one attached hydrogen (secondary N) is 2. The van der Waals surface area contributed by atoms with Gasteiger partial charge in [0.2, 0.25) is 0 Å². The number of hydrogen-bond acceptors (Lipinski definition) is 2. The van der Waals surface area contributed by atoms with E-state index in [1.54, 1.807) is 0 Å². The van der Waals surface area contributed by atoms with Gasteiger partial charge in [0.1, 0.15) is 0 Å². The summed E-state index contributed by atoms with van der Waals surface area (Å²) in [5.41, 5.74) is 2.78. The number of benzene rings is 2. The average molecular weight is 282 g/mol. The molecule has 2 nitrogen and oxygen atoms in total. The minimum Gasteiger partial charge on any atom is -0.315 e. The Morgan fingerprint density at radius 3 is 2.14 bits per heavy atom. The van der Waals surface area contributed by atoms with E-state index in [9.17, 15) is 0 Å². The van der Waals surface area contributed by atoms with Crippen LogP contribution in [0.5, 0.6) is 0 Å². The van der Waals surface area contributed by atoms with E-state index in [4.69, 9.17) is 0 Å². The van der Waals surface area contributed by atoms with Crippen LogP contribution in [-0.4, -0.2) is 19.6 Å². The van der Waals surface area contributed by atoms with Gasteiger partial charge in [0.15, 0.2) is 0 Å². The zero-order valence-corrected chi connectivity index (χ0v) is 12.9. The quantitative estimate of drug-likeness (QED) is 0.687. The Bertz CT molecular complexity index is 481. The molecule has 0 aliphatic rings. The van der Waals surface area contributed by atoms with E-state index in [1.807, 2.05) is 0 Å². The van der Waals surface area contributed by atoms with Crippen LogP contribution in [0.1, 0.15) is 30.5 Å². The molecule has 0 saturated heterocycles. The molecule has 0 heterocycles. The van der Waals surface area contributed by atoms with Crippen LogP contribution in [-0.2, 0) is 6.42 Å². The van der Waals surface area contributed by atoms with Gasteiger partial charge in [-0.15, -0.1) is 0 Å². The zero-order valence-electron chi connectivity index (χ0n) is 12.9. The first kappa shape index (κ1) is 15.7. The molecule has 0 aromatic heterocycles. The highest BCUT2D eigenvalue weighted by Crippen LogP contribution is 2.15. The van der Waals surface area contributed by atoms with Crippen molar-refractivity contribution in [2.75, 3.05) is 19.6 Å². The van der Waals surface area contributed by atoms with Crippen LogP contribution in [0.2, 0.25) is 0 Å². The number of rotatable bonds is 9. The Morgan fingerprint density at radius 1 is 0.810 bits per heavy atom. The first-order chi connectivity index (χ1) is 10.4. The first-order valence-corrected chi connectivity index (χ1v) is 7.93. The van der Waals surface area contributed by atoms with Gasteiger partial charge in [-0.3, -0.25) is 0 Å². The fourth-order valence-electron chi connectivity index (χ4n) is 2.52. The Morgan fingerprint density at radius 2 is 1.48 bits per heavy atom. The summed E-state index contributed by atoms with van der Waals surface area (Å²) >= 11 is 0. The van der Waals surface area contributed by atoms with Crippen LogP contribution in [0.4, 0.5) is 0 Å². The molecule has 0 bridgehead atoms. The first-order valence-electron chi connectivity index (χ1n) is 7.93. The van der Waals surface area contributed by atoms with E-state index >= 15 is 0 Å². The van der Waals surface area contributed by atoms with Gasteiger partial charge in [0, 0.05) is 19.1 Å². The average Bonchev–Trinajstić information content (AvgIpc) is 2.56. The van der Waals surface area contributed by atoms with Gasteiger partial charge in [-0.05, 0) is 30.5 Å². The topological polar surface area (TPSA) is 24.1 Å². The molecular formula is C19H26N2. The summed E-state index contributed by atoms with van der Waals surface area (Å²) in [5, 5.41) is 7.12. The lowest BCUT2D eigenvalue weighted by molar-refractivity contribution is 0.505. The standard InChI is InChI=1S/C19H26N2/c1-2-19(18-11-7-4-8-12-18)21-16-15-20-14-13-17-9-5-3-6-10-17/h3-12,19-21H,2,13-16H2,1H3. The second kappa shape index (κ2) is 9.32. The maximum atomic E-state index is 3.62. The van der Waals surface area contributed by atoms with Crippen molar-refractivity contribution in [1.29, 1.82) is 0 Å². The van der Waals surface area contributed by atoms with E-state index < -0.39 is 0 Å². The summed E-state index contributed by atoms with van der Waals surface area (Å²) in [7, 11) is 0. The molecule has 112 valence electrons. The van der Waals surface area contributed by atoms with Crippen LogP contribution >= 0.6 is 0 Å². The summed E-state index contributed by atoms with van der Waals surface area (Å²) in [4.78, 5) is 0. The molecule has 2 rings (SSSR count). The third kappa shape index (κ3) is 5.70. The van der Waals surface area contributed by atoms with Gasteiger partial charge in [-0.2, -0.15) is 0 Å². The van der Waals surface area contributed by atoms with Crippen molar-refractivity contribution in [3.8, 4) is 0 Å². The van der Waals surface area contributed by atoms with Crippen LogP contribution in [0.15, 0.2) is 60.7 Å². The minimum atomic E-state index is 0.460.